The maximum Gasteiger partial charge on any atom is 0.0575 e. The van der Waals surface area contributed by atoms with Gasteiger partial charge in [-0.05, 0) is 31.6 Å². The quantitative estimate of drug-likeness (QED) is 0.701. The molecule has 13 heavy (non-hydrogen) atoms. The summed E-state index contributed by atoms with van der Waals surface area (Å²) < 4.78 is 0. The molecule has 2 aliphatic carbocycles. The number of nitrogens with two attached hydrogens (primary N) is 1. The minimum absolute atomic E-state index is 0.00199. The molecule has 0 unspecified atom stereocenters. The van der Waals surface area contributed by atoms with Crippen LogP contribution in [0.3, 0.4) is 0 Å². The number of aliphatic hydroxyl groups is 1. The van der Waals surface area contributed by atoms with Crippen LogP contribution in [-0.4, -0.2) is 16.7 Å². The summed E-state index contributed by atoms with van der Waals surface area (Å²) in [5.41, 5.74) is 6.11. The van der Waals surface area contributed by atoms with Gasteiger partial charge < -0.3 is 10.8 Å². The molecule has 76 valence electrons. The molecule has 0 aromatic rings. The molecule has 0 saturated heterocycles. The van der Waals surface area contributed by atoms with Crippen LogP contribution in [0.2, 0.25) is 0 Å². The Labute approximate surface area is 80.5 Å². The highest BCUT2D eigenvalue weighted by Crippen LogP contribution is 2.37. The van der Waals surface area contributed by atoms with Crippen LogP contribution in [0, 0.1) is 5.92 Å². The van der Waals surface area contributed by atoms with E-state index in [0.717, 1.165) is 25.2 Å². The van der Waals surface area contributed by atoms with E-state index in [4.69, 9.17) is 5.73 Å². The Balaban J connectivity index is 1.67. The Morgan fingerprint density at radius 2 is 1.85 bits per heavy atom. The van der Waals surface area contributed by atoms with Crippen molar-refractivity contribution in [1.29, 1.82) is 0 Å². The highest BCUT2D eigenvalue weighted by atomic mass is 16.3. The lowest BCUT2D eigenvalue weighted by molar-refractivity contribution is 0.0158. The van der Waals surface area contributed by atoms with E-state index in [2.05, 4.69) is 0 Å². The van der Waals surface area contributed by atoms with Crippen LogP contribution >= 0.6 is 0 Å². The molecular formula is C11H21NO. The third-order valence-electron chi connectivity index (χ3n) is 3.81. The molecule has 0 bridgehead atoms. The first kappa shape index (κ1) is 9.47. The minimum Gasteiger partial charge on any atom is -0.393 e. The topological polar surface area (TPSA) is 46.2 Å². The van der Waals surface area contributed by atoms with E-state index < -0.39 is 0 Å². The maximum absolute atomic E-state index is 9.20. The third-order valence-corrected chi connectivity index (χ3v) is 3.81. The van der Waals surface area contributed by atoms with Crippen molar-refractivity contribution in [3.05, 3.63) is 0 Å². The van der Waals surface area contributed by atoms with Crippen LogP contribution in [0.4, 0.5) is 0 Å². The minimum atomic E-state index is -0.103. The molecule has 0 radical (unpaired) electrons. The molecule has 2 rings (SSSR count). The second-order valence-electron chi connectivity index (χ2n) is 5.11. The third kappa shape index (κ3) is 2.23. The lowest BCUT2D eigenvalue weighted by atomic mass is 9.71. The summed E-state index contributed by atoms with van der Waals surface area (Å²) in [5.74, 6) is 0.943. The molecule has 0 aromatic heterocycles. The van der Waals surface area contributed by atoms with Crippen LogP contribution < -0.4 is 5.73 Å². The lowest BCUT2D eigenvalue weighted by Crippen LogP contribution is -2.54. The van der Waals surface area contributed by atoms with Gasteiger partial charge in [-0.25, -0.2) is 0 Å². The van der Waals surface area contributed by atoms with Gasteiger partial charge in [-0.1, -0.05) is 25.7 Å². The van der Waals surface area contributed by atoms with Gasteiger partial charge in [0.15, 0.2) is 0 Å². The van der Waals surface area contributed by atoms with Crippen molar-refractivity contribution in [2.45, 2.75) is 63.0 Å². The van der Waals surface area contributed by atoms with Crippen molar-refractivity contribution in [3.8, 4) is 0 Å². The molecule has 0 heterocycles. The molecule has 2 fully saturated rings. The first-order valence-electron chi connectivity index (χ1n) is 5.65. The smallest absolute Gasteiger partial charge is 0.0575 e. The highest BCUT2D eigenvalue weighted by Gasteiger charge is 2.39. The zero-order valence-corrected chi connectivity index (χ0v) is 8.34. The fourth-order valence-corrected chi connectivity index (χ4v) is 2.87. The van der Waals surface area contributed by atoms with E-state index in [1.807, 2.05) is 0 Å². The lowest BCUT2D eigenvalue weighted by Gasteiger charge is -2.43. The second-order valence-corrected chi connectivity index (χ2v) is 5.11. The van der Waals surface area contributed by atoms with Gasteiger partial charge >= 0.3 is 0 Å². The van der Waals surface area contributed by atoms with E-state index in [9.17, 15) is 5.11 Å². The summed E-state index contributed by atoms with van der Waals surface area (Å²) >= 11 is 0. The largest absolute Gasteiger partial charge is 0.393 e. The zero-order valence-electron chi connectivity index (χ0n) is 8.34. The first-order valence-corrected chi connectivity index (χ1v) is 5.65. The Hall–Kier alpha value is -0.0800. The van der Waals surface area contributed by atoms with E-state index in [0.29, 0.717) is 0 Å². The molecule has 0 spiro atoms. The number of hydrogen-bond donors (Lipinski definition) is 2. The fraction of sp³-hybridized carbons (Fsp3) is 1.00. The molecule has 0 aromatic carbocycles. The van der Waals surface area contributed by atoms with Crippen molar-refractivity contribution in [2.75, 3.05) is 0 Å². The average Bonchev–Trinajstić information content (AvgIpc) is 2.50. The molecular weight excluding hydrogens is 162 g/mol. The van der Waals surface area contributed by atoms with Gasteiger partial charge in [-0.3, -0.25) is 0 Å². The average molecular weight is 183 g/mol. The molecule has 2 aliphatic rings. The van der Waals surface area contributed by atoms with Crippen molar-refractivity contribution in [2.24, 2.45) is 11.7 Å². The SMILES string of the molecule is NC1(CCC2CCCC2)CC(O)C1. The summed E-state index contributed by atoms with van der Waals surface area (Å²) in [5, 5.41) is 9.20. The molecule has 2 saturated carbocycles. The Bertz CT molecular complexity index is 169. The van der Waals surface area contributed by atoms with E-state index in [-0.39, 0.29) is 11.6 Å². The van der Waals surface area contributed by atoms with Gasteiger partial charge in [0, 0.05) is 5.54 Å². The summed E-state index contributed by atoms with van der Waals surface area (Å²) in [6.07, 6.45) is 9.67. The molecule has 2 heteroatoms. The van der Waals surface area contributed by atoms with Crippen molar-refractivity contribution >= 4 is 0 Å². The highest BCUT2D eigenvalue weighted by molar-refractivity contribution is 4.98. The van der Waals surface area contributed by atoms with Gasteiger partial charge in [0.05, 0.1) is 6.10 Å². The first-order chi connectivity index (χ1) is 6.18. The monoisotopic (exact) mass is 183 g/mol. The summed E-state index contributed by atoms with van der Waals surface area (Å²) in [6.45, 7) is 0. The number of rotatable bonds is 3. The Kier molecular flexibility index (Phi) is 2.61. The molecule has 3 N–H and O–H groups in total. The van der Waals surface area contributed by atoms with Crippen LogP contribution in [0.25, 0.3) is 0 Å². The molecule has 0 atom stereocenters. The van der Waals surface area contributed by atoms with Gasteiger partial charge in [-0.2, -0.15) is 0 Å². The summed E-state index contributed by atoms with van der Waals surface area (Å²) in [6, 6.07) is 0. The molecule has 0 aliphatic heterocycles. The number of hydrogen-bond acceptors (Lipinski definition) is 2. The fourth-order valence-electron chi connectivity index (χ4n) is 2.87. The maximum atomic E-state index is 9.20. The standard InChI is InChI=1S/C11H21NO/c12-11(7-10(13)8-11)6-5-9-3-1-2-4-9/h9-10,13H,1-8,12H2. The van der Waals surface area contributed by atoms with E-state index in [1.54, 1.807) is 0 Å². The van der Waals surface area contributed by atoms with Crippen LogP contribution in [-0.2, 0) is 0 Å². The van der Waals surface area contributed by atoms with Gasteiger partial charge in [-0.15, -0.1) is 0 Å². The van der Waals surface area contributed by atoms with Crippen LogP contribution in [0.1, 0.15) is 51.4 Å². The van der Waals surface area contributed by atoms with Gasteiger partial charge in [0.1, 0.15) is 0 Å². The summed E-state index contributed by atoms with van der Waals surface area (Å²) in [4.78, 5) is 0. The van der Waals surface area contributed by atoms with Crippen LogP contribution in [0.5, 0.6) is 0 Å². The predicted octanol–water partition coefficient (Wildman–Crippen LogP) is 1.81. The Morgan fingerprint density at radius 3 is 2.38 bits per heavy atom. The summed E-state index contributed by atoms with van der Waals surface area (Å²) in [7, 11) is 0. The van der Waals surface area contributed by atoms with Gasteiger partial charge in [0.2, 0.25) is 0 Å². The predicted molar refractivity (Wildman–Crippen MR) is 53.4 cm³/mol. The van der Waals surface area contributed by atoms with Crippen molar-refractivity contribution in [3.63, 3.8) is 0 Å². The van der Waals surface area contributed by atoms with Crippen molar-refractivity contribution in [1.82, 2.24) is 0 Å². The Morgan fingerprint density at radius 1 is 1.23 bits per heavy atom. The zero-order chi connectivity index (χ0) is 9.31. The van der Waals surface area contributed by atoms with E-state index in [1.165, 1.54) is 32.1 Å². The normalized spacial score (nSPS) is 40.6. The van der Waals surface area contributed by atoms with Gasteiger partial charge in [0.25, 0.3) is 0 Å². The molecule has 2 nitrogen and oxygen atoms in total. The van der Waals surface area contributed by atoms with E-state index >= 15 is 0 Å². The number of aliphatic hydroxyl groups excluding tert-OH is 1. The second kappa shape index (κ2) is 3.58. The molecule has 0 amide bonds. The van der Waals surface area contributed by atoms with Crippen LogP contribution in [0.15, 0.2) is 0 Å². The van der Waals surface area contributed by atoms with Crippen molar-refractivity contribution < 1.29 is 5.11 Å².